The largest absolute Gasteiger partial charge is 0.458 e. The molecule has 0 aromatic carbocycles. The van der Waals surface area contributed by atoms with Crippen molar-refractivity contribution in [1.82, 2.24) is 9.97 Å². The summed E-state index contributed by atoms with van der Waals surface area (Å²) in [5.74, 6) is 3.97. The first-order valence-corrected chi connectivity index (χ1v) is 5.46. The molecule has 2 N–H and O–H groups in total. The van der Waals surface area contributed by atoms with E-state index in [4.69, 9.17) is 16.9 Å². The SMILES string of the molecule is C#CC(C)(C)Oc1cc(N)nc(C(C)(C)C)n1. The van der Waals surface area contributed by atoms with Gasteiger partial charge < -0.3 is 10.5 Å². The zero-order valence-electron chi connectivity index (χ0n) is 11.0. The lowest BCUT2D eigenvalue weighted by atomic mass is 9.96. The number of nitrogens with zero attached hydrogens (tertiary/aromatic N) is 2. The monoisotopic (exact) mass is 233 g/mol. The van der Waals surface area contributed by atoms with Gasteiger partial charge in [-0.05, 0) is 13.8 Å². The summed E-state index contributed by atoms with van der Waals surface area (Å²) in [5, 5.41) is 0. The van der Waals surface area contributed by atoms with Gasteiger partial charge in [-0.25, -0.2) is 4.98 Å². The molecule has 4 nitrogen and oxygen atoms in total. The highest BCUT2D eigenvalue weighted by Crippen LogP contribution is 2.24. The molecule has 1 heterocycles. The summed E-state index contributed by atoms with van der Waals surface area (Å²) >= 11 is 0. The Labute approximate surface area is 103 Å². The van der Waals surface area contributed by atoms with Crippen molar-refractivity contribution in [2.24, 2.45) is 0 Å². The molecule has 92 valence electrons. The molecule has 17 heavy (non-hydrogen) atoms. The lowest BCUT2D eigenvalue weighted by Crippen LogP contribution is -2.27. The highest BCUT2D eigenvalue weighted by atomic mass is 16.5. The van der Waals surface area contributed by atoms with Crippen LogP contribution in [-0.4, -0.2) is 15.6 Å². The molecule has 0 saturated heterocycles. The average Bonchev–Trinajstić information content (AvgIpc) is 2.14. The van der Waals surface area contributed by atoms with E-state index in [-0.39, 0.29) is 5.41 Å². The van der Waals surface area contributed by atoms with Gasteiger partial charge >= 0.3 is 0 Å². The van der Waals surface area contributed by atoms with Crippen molar-refractivity contribution >= 4 is 5.82 Å². The van der Waals surface area contributed by atoms with Gasteiger partial charge in [0.2, 0.25) is 5.88 Å². The van der Waals surface area contributed by atoms with Crippen LogP contribution in [0.5, 0.6) is 5.88 Å². The third-order valence-corrected chi connectivity index (χ3v) is 2.10. The Hall–Kier alpha value is -1.76. The molecule has 1 aromatic rings. The van der Waals surface area contributed by atoms with Gasteiger partial charge in [-0.1, -0.05) is 26.7 Å². The molecule has 0 aliphatic rings. The molecule has 0 atom stereocenters. The van der Waals surface area contributed by atoms with Crippen LogP contribution >= 0.6 is 0 Å². The number of ether oxygens (including phenoxy) is 1. The van der Waals surface area contributed by atoms with Crippen LogP contribution in [0, 0.1) is 12.3 Å². The lowest BCUT2D eigenvalue weighted by Gasteiger charge is -2.22. The van der Waals surface area contributed by atoms with E-state index < -0.39 is 5.60 Å². The number of hydrogen-bond acceptors (Lipinski definition) is 4. The Morgan fingerprint density at radius 3 is 2.29 bits per heavy atom. The third kappa shape index (κ3) is 3.63. The molecule has 0 spiro atoms. The van der Waals surface area contributed by atoms with Crippen molar-refractivity contribution in [2.45, 2.75) is 45.6 Å². The predicted octanol–water partition coefficient (Wildman–Crippen LogP) is 2.15. The fourth-order valence-corrected chi connectivity index (χ4v) is 1.12. The second-order valence-corrected chi connectivity index (χ2v) is 5.46. The quantitative estimate of drug-likeness (QED) is 0.795. The van der Waals surface area contributed by atoms with Gasteiger partial charge in [0.05, 0.1) is 0 Å². The summed E-state index contributed by atoms with van der Waals surface area (Å²) in [6.07, 6.45) is 5.37. The highest BCUT2D eigenvalue weighted by molar-refractivity contribution is 5.34. The van der Waals surface area contributed by atoms with Crippen molar-refractivity contribution in [3.05, 3.63) is 11.9 Å². The summed E-state index contributed by atoms with van der Waals surface area (Å²) in [5.41, 5.74) is 4.83. The average molecular weight is 233 g/mol. The van der Waals surface area contributed by atoms with Gasteiger partial charge in [0, 0.05) is 11.5 Å². The number of nitrogen functional groups attached to an aromatic ring is 1. The van der Waals surface area contributed by atoms with Crippen LogP contribution in [0.2, 0.25) is 0 Å². The van der Waals surface area contributed by atoms with E-state index in [0.29, 0.717) is 17.5 Å². The number of hydrogen-bond donors (Lipinski definition) is 1. The van der Waals surface area contributed by atoms with Crippen molar-refractivity contribution in [3.8, 4) is 18.2 Å². The molecule has 0 bridgehead atoms. The second kappa shape index (κ2) is 4.25. The van der Waals surface area contributed by atoms with Gasteiger partial charge in [0.25, 0.3) is 0 Å². The fraction of sp³-hybridized carbons (Fsp3) is 0.538. The molecule has 4 heteroatoms. The van der Waals surface area contributed by atoms with Gasteiger partial charge in [-0.15, -0.1) is 6.42 Å². The standard InChI is InChI=1S/C13H19N3O/c1-7-13(5,6)17-10-8-9(14)15-11(16-10)12(2,3)4/h1,8H,2-6H3,(H2,14,15,16). The van der Waals surface area contributed by atoms with E-state index in [2.05, 4.69) is 15.9 Å². The molecule has 0 amide bonds. The molecule has 0 aliphatic heterocycles. The van der Waals surface area contributed by atoms with E-state index in [1.54, 1.807) is 19.9 Å². The van der Waals surface area contributed by atoms with E-state index >= 15 is 0 Å². The van der Waals surface area contributed by atoms with Crippen molar-refractivity contribution in [3.63, 3.8) is 0 Å². The van der Waals surface area contributed by atoms with Crippen LogP contribution in [0.15, 0.2) is 6.07 Å². The van der Waals surface area contributed by atoms with Crippen LogP contribution in [0.4, 0.5) is 5.82 Å². The topological polar surface area (TPSA) is 61.0 Å². The van der Waals surface area contributed by atoms with E-state index in [1.807, 2.05) is 20.8 Å². The zero-order chi connectivity index (χ0) is 13.3. The number of anilines is 1. The minimum atomic E-state index is -0.712. The van der Waals surface area contributed by atoms with Crippen LogP contribution < -0.4 is 10.5 Å². The van der Waals surface area contributed by atoms with E-state index in [9.17, 15) is 0 Å². The molecule has 0 saturated carbocycles. The van der Waals surface area contributed by atoms with Crippen LogP contribution in [0.25, 0.3) is 0 Å². The van der Waals surface area contributed by atoms with Gasteiger partial charge in [-0.2, -0.15) is 4.98 Å². The van der Waals surface area contributed by atoms with Gasteiger partial charge in [-0.3, -0.25) is 0 Å². The minimum absolute atomic E-state index is 0.187. The first kappa shape index (κ1) is 13.3. The maximum atomic E-state index is 5.73. The predicted molar refractivity (Wildman–Crippen MR) is 68.7 cm³/mol. The maximum Gasteiger partial charge on any atom is 0.220 e. The van der Waals surface area contributed by atoms with Crippen LogP contribution in [-0.2, 0) is 5.41 Å². The Morgan fingerprint density at radius 2 is 1.82 bits per heavy atom. The summed E-state index contributed by atoms with van der Waals surface area (Å²) in [6, 6.07) is 1.58. The number of rotatable bonds is 2. The summed E-state index contributed by atoms with van der Waals surface area (Å²) in [4.78, 5) is 8.53. The fourth-order valence-electron chi connectivity index (χ4n) is 1.12. The van der Waals surface area contributed by atoms with Crippen LogP contribution in [0.1, 0.15) is 40.4 Å². The first-order chi connectivity index (χ1) is 7.64. The van der Waals surface area contributed by atoms with E-state index in [0.717, 1.165) is 0 Å². The molecular weight excluding hydrogens is 214 g/mol. The highest BCUT2D eigenvalue weighted by Gasteiger charge is 2.22. The van der Waals surface area contributed by atoms with Crippen molar-refractivity contribution in [1.29, 1.82) is 0 Å². The molecule has 0 unspecified atom stereocenters. The van der Waals surface area contributed by atoms with Gasteiger partial charge in [0.15, 0.2) is 5.60 Å². The Balaban J connectivity index is 3.12. The Morgan fingerprint density at radius 1 is 1.24 bits per heavy atom. The molecule has 1 aromatic heterocycles. The molecule has 0 radical (unpaired) electrons. The molecule has 0 fully saturated rings. The van der Waals surface area contributed by atoms with Crippen molar-refractivity contribution in [2.75, 3.05) is 5.73 Å². The first-order valence-electron chi connectivity index (χ1n) is 5.46. The number of aromatic nitrogens is 2. The second-order valence-electron chi connectivity index (χ2n) is 5.46. The molecule has 0 aliphatic carbocycles. The van der Waals surface area contributed by atoms with Crippen molar-refractivity contribution < 1.29 is 4.74 Å². The van der Waals surface area contributed by atoms with Crippen LogP contribution in [0.3, 0.4) is 0 Å². The Bertz CT molecular complexity index is 453. The van der Waals surface area contributed by atoms with E-state index in [1.165, 1.54) is 0 Å². The normalized spacial score (nSPS) is 12.0. The number of nitrogens with two attached hydrogens (primary N) is 1. The molecule has 1 rings (SSSR count). The number of terminal acetylenes is 1. The minimum Gasteiger partial charge on any atom is -0.458 e. The van der Waals surface area contributed by atoms with Gasteiger partial charge in [0.1, 0.15) is 11.6 Å². The zero-order valence-corrected chi connectivity index (χ0v) is 11.0. The third-order valence-electron chi connectivity index (χ3n) is 2.10. The smallest absolute Gasteiger partial charge is 0.220 e. The maximum absolute atomic E-state index is 5.73. The Kier molecular flexibility index (Phi) is 3.33. The summed E-state index contributed by atoms with van der Waals surface area (Å²) in [7, 11) is 0. The molecular formula is C13H19N3O. The lowest BCUT2D eigenvalue weighted by molar-refractivity contribution is 0.163. The summed E-state index contributed by atoms with van der Waals surface area (Å²) < 4.78 is 5.60. The summed E-state index contributed by atoms with van der Waals surface area (Å²) in [6.45, 7) is 9.62.